The van der Waals surface area contributed by atoms with Crippen molar-refractivity contribution >= 4 is 5.91 Å². The minimum Gasteiger partial charge on any atom is -0.353 e. The number of hydrogen-bond donors (Lipinski definition) is 2. The van der Waals surface area contributed by atoms with Gasteiger partial charge < -0.3 is 11.1 Å². The van der Waals surface area contributed by atoms with E-state index in [1.807, 2.05) is 0 Å². The van der Waals surface area contributed by atoms with Crippen molar-refractivity contribution in [3.05, 3.63) is 0 Å². The lowest BCUT2D eigenvalue weighted by atomic mass is 9.68. The van der Waals surface area contributed by atoms with Crippen molar-refractivity contribution in [3.63, 3.8) is 0 Å². The van der Waals surface area contributed by atoms with Crippen LogP contribution in [0.25, 0.3) is 0 Å². The van der Waals surface area contributed by atoms with Crippen molar-refractivity contribution < 1.29 is 4.79 Å². The molecule has 3 N–H and O–H groups in total. The zero-order chi connectivity index (χ0) is 10.9. The van der Waals surface area contributed by atoms with Crippen LogP contribution in [0.15, 0.2) is 0 Å². The SMILES string of the molecule is CC(CC1CC1)NC(=O)C1(CN)CCC1. The highest BCUT2D eigenvalue weighted by Crippen LogP contribution is 2.40. The third kappa shape index (κ3) is 2.33. The Hall–Kier alpha value is -0.570. The van der Waals surface area contributed by atoms with Gasteiger partial charge in [-0.05, 0) is 32.1 Å². The van der Waals surface area contributed by atoms with Gasteiger partial charge in [-0.1, -0.05) is 19.3 Å². The molecule has 2 aliphatic carbocycles. The molecule has 2 saturated carbocycles. The van der Waals surface area contributed by atoms with Gasteiger partial charge in [-0.25, -0.2) is 0 Å². The summed E-state index contributed by atoms with van der Waals surface area (Å²) >= 11 is 0. The summed E-state index contributed by atoms with van der Waals surface area (Å²) < 4.78 is 0. The summed E-state index contributed by atoms with van der Waals surface area (Å²) in [6.45, 7) is 2.62. The first-order chi connectivity index (χ1) is 7.16. The van der Waals surface area contributed by atoms with Crippen LogP contribution in [-0.2, 0) is 4.79 Å². The van der Waals surface area contributed by atoms with Crippen molar-refractivity contribution in [3.8, 4) is 0 Å². The fourth-order valence-corrected chi connectivity index (χ4v) is 2.42. The lowest BCUT2D eigenvalue weighted by Crippen LogP contribution is -2.52. The average Bonchev–Trinajstić information content (AvgIpc) is 2.86. The van der Waals surface area contributed by atoms with Gasteiger partial charge in [0, 0.05) is 12.6 Å². The third-order valence-electron chi connectivity index (χ3n) is 3.94. The highest BCUT2D eigenvalue weighted by atomic mass is 16.2. The predicted molar refractivity (Wildman–Crippen MR) is 60.3 cm³/mol. The smallest absolute Gasteiger partial charge is 0.227 e. The van der Waals surface area contributed by atoms with E-state index >= 15 is 0 Å². The maximum atomic E-state index is 12.0. The van der Waals surface area contributed by atoms with Gasteiger partial charge in [0.1, 0.15) is 0 Å². The molecule has 3 nitrogen and oxygen atoms in total. The highest BCUT2D eigenvalue weighted by Gasteiger charge is 2.43. The first-order valence-corrected chi connectivity index (χ1v) is 6.17. The minimum atomic E-state index is -0.211. The average molecular weight is 210 g/mol. The van der Waals surface area contributed by atoms with E-state index in [4.69, 9.17) is 5.73 Å². The number of nitrogens with two attached hydrogens (primary N) is 1. The summed E-state index contributed by atoms with van der Waals surface area (Å²) in [5, 5.41) is 3.13. The Morgan fingerprint density at radius 3 is 2.60 bits per heavy atom. The van der Waals surface area contributed by atoms with Crippen LogP contribution in [0, 0.1) is 11.3 Å². The molecule has 2 rings (SSSR count). The van der Waals surface area contributed by atoms with E-state index in [0.717, 1.165) is 31.6 Å². The van der Waals surface area contributed by atoms with Crippen LogP contribution in [0.4, 0.5) is 0 Å². The van der Waals surface area contributed by atoms with E-state index in [-0.39, 0.29) is 11.3 Å². The van der Waals surface area contributed by atoms with Crippen molar-refractivity contribution in [1.82, 2.24) is 5.32 Å². The van der Waals surface area contributed by atoms with Gasteiger partial charge in [-0.2, -0.15) is 0 Å². The lowest BCUT2D eigenvalue weighted by molar-refractivity contribution is -0.135. The summed E-state index contributed by atoms with van der Waals surface area (Å²) in [5.74, 6) is 1.07. The minimum absolute atomic E-state index is 0.199. The number of carbonyl (C=O) groups excluding carboxylic acids is 1. The van der Waals surface area contributed by atoms with Crippen LogP contribution < -0.4 is 11.1 Å². The van der Waals surface area contributed by atoms with Crippen molar-refractivity contribution in [2.24, 2.45) is 17.1 Å². The van der Waals surface area contributed by atoms with Crippen LogP contribution in [-0.4, -0.2) is 18.5 Å². The zero-order valence-corrected chi connectivity index (χ0v) is 9.59. The van der Waals surface area contributed by atoms with Crippen LogP contribution in [0.5, 0.6) is 0 Å². The Labute approximate surface area is 91.8 Å². The van der Waals surface area contributed by atoms with E-state index in [9.17, 15) is 4.79 Å². The molecular weight excluding hydrogens is 188 g/mol. The summed E-state index contributed by atoms with van der Waals surface area (Å²) in [6, 6.07) is 0.328. The number of amides is 1. The standard InChI is InChI=1S/C12H22N2O/c1-9(7-10-3-4-10)14-11(15)12(8-13)5-2-6-12/h9-10H,2-8,13H2,1H3,(H,14,15). The molecule has 1 atom stereocenters. The molecule has 2 aliphatic rings. The quantitative estimate of drug-likeness (QED) is 0.721. The van der Waals surface area contributed by atoms with Crippen LogP contribution in [0.2, 0.25) is 0 Å². The highest BCUT2D eigenvalue weighted by molar-refractivity contribution is 5.84. The molecule has 0 aliphatic heterocycles. The van der Waals surface area contributed by atoms with Crippen LogP contribution in [0.3, 0.4) is 0 Å². The van der Waals surface area contributed by atoms with Gasteiger partial charge in [0.25, 0.3) is 0 Å². The molecule has 0 aromatic rings. The van der Waals surface area contributed by atoms with Crippen LogP contribution in [0.1, 0.15) is 45.4 Å². The molecule has 1 amide bonds. The predicted octanol–water partition coefficient (Wildman–Crippen LogP) is 1.42. The number of nitrogens with one attached hydrogen (secondary N) is 1. The lowest BCUT2D eigenvalue weighted by Gasteiger charge is -2.39. The third-order valence-corrected chi connectivity index (χ3v) is 3.94. The van der Waals surface area contributed by atoms with Gasteiger partial charge in [-0.15, -0.1) is 0 Å². The van der Waals surface area contributed by atoms with E-state index in [1.165, 1.54) is 12.8 Å². The molecule has 2 fully saturated rings. The summed E-state index contributed by atoms with van der Waals surface area (Å²) in [5.41, 5.74) is 5.49. The summed E-state index contributed by atoms with van der Waals surface area (Å²) in [4.78, 5) is 12.0. The number of hydrogen-bond acceptors (Lipinski definition) is 2. The zero-order valence-electron chi connectivity index (χ0n) is 9.59. The fourth-order valence-electron chi connectivity index (χ4n) is 2.42. The first kappa shape index (κ1) is 10.9. The van der Waals surface area contributed by atoms with Gasteiger partial charge in [0.2, 0.25) is 5.91 Å². The number of rotatable bonds is 5. The van der Waals surface area contributed by atoms with E-state index < -0.39 is 0 Å². The van der Waals surface area contributed by atoms with Gasteiger partial charge in [0.05, 0.1) is 5.41 Å². The molecule has 0 spiro atoms. The van der Waals surface area contributed by atoms with Gasteiger partial charge >= 0.3 is 0 Å². The van der Waals surface area contributed by atoms with Gasteiger partial charge in [-0.3, -0.25) is 4.79 Å². The topological polar surface area (TPSA) is 55.1 Å². The summed E-state index contributed by atoms with van der Waals surface area (Å²) in [6.07, 6.45) is 6.95. The van der Waals surface area contributed by atoms with E-state index in [1.54, 1.807) is 0 Å². The monoisotopic (exact) mass is 210 g/mol. The van der Waals surface area contributed by atoms with E-state index in [2.05, 4.69) is 12.2 Å². The molecule has 86 valence electrons. The Morgan fingerprint density at radius 1 is 1.53 bits per heavy atom. The Morgan fingerprint density at radius 2 is 2.20 bits per heavy atom. The molecule has 15 heavy (non-hydrogen) atoms. The largest absolute Gasteiger partial charge is 0.353 e. The maximum Gasteiger partial charge on any atom is 0.227 e. The second kappa shape index (κ2) is 4.12. The van der Waals surface area contributed by atoms with Gasteiger partial charge in [0.15, 0.2) is 0 Å². The molecular formula is C12H22N2O. The normalized spacial score (nSPS) is 25.5. The second-order valence-electron chi connectivity index (χ2n) is 5.39. The molecule has 0 saturated heterocycles. The Balaban J connectivity index is 1.79. The molecule has 0 aromatic heterocycles. The van der Waals surface area contributed by atoms with Crippen molar-refractivity contribution in [2.45, 2.75) is 51.5 Å². The molecule has 0 aromatic carbocycles. The summed E-state index contributed by atoms with van der Waals surface area (Å²) in [7, 11) is 0. The van der Waals surface area contributed by atoms with Crippen LogP contribution >= 0.6 is 0 Å². The van der Waals surface area contributed by atoms with Crippen molar-refractivity contribution in [1.29, 1.82) is 0 Å². The molecule has 0 radical (unpaired) electrons. The maximum absolute atomic E-state index is 12.0. The molecule has 0 bridgehead atoms. The molecule has 0 heterocycles. The van der Waals surface area contributed by atoms with Crippen molar-refractivity contribution in [2.75, 3.05) is 6.54 Å². The first-order valence-electron chi connectivity index (χ1n) is 6.17. The second-order valence-corrected chi connectivity index (χ2v) is 5.39. The Kier molecular flexibility index (Phi) is 3.01. The number of carbonyl (C=O) groups is 1. The molecule has 1 unspecified atom stereocenters. The fraction of sp³-hybridized carbons (Fsp3) is 0.917. The van der Waals surface area contributed by atoms with E-state index in [0.29, 0.717) is 12.6 Å². The molecule has 3 heteroatoms. The Bertz CT molecular complexity index is 238.